The van der Waals surface area contributed by atoms with E-state index in [1.807, 2.05) is 28.8 Å². The monoisotopic (exact) mass is 665 g/mol. The summed E-state index contributed by atoms with van der Waals surface area (Å²) in [6.45, 7) is 0.956. The predicted molar refractivity (Wildman–Crippen MR) is 180 cm³/mol. The van der Waals surface area contributed by atoms with Crippen LogP contribution in [0.25, 0.3) is 28.2 Å². The van der Waals surface area contributed by atoms with Crippen molar-refractivity contribution in [2.24, 2.45) is 0 Å². The maximum absolute atomic E-state index is 14.0. The standard InChI is InChI=1S/C34H43N5O7S/c1-34(20-40,33(43)37(2)3)35-31(41)24-16-23-17-25(46-6)13-15-26(23)30-29(21-10-8-7-9-11-21)27-14-12-22(18-28(27)39(30)19-24)32(42)36-47(44,45)38(4)5/h12-18,21,40H,7-11,19-20H2,1-6H3,(H,35,41)(H,36,42)/t34-/m0/s1. The predicted octanol–water partition coefficient (Wildman–Crippen LogP) is 3.25. The third-order valence-corrected chi connectivity index (χ3v) is 10.5. The molecule has 3 N–H and O–H groups in total. The van der Waals surface area contributed by atoms with Gasteiger partial charge < -0.3 is 24.6 Å². The Bertz CT molecular complexity index is 1870. The van der Waals surface area contributed by atoms with Crippen molar-refractivity contribution in [1.82, 2.24) is 23.8 Å². The van der Waals surface area contributed by atoms with E-state index in [1.165, 1.54) is 25.9 Å². The zero-order valence-electron chi connectivity index (χ0n) is 27.7. The first-order valence-corrected chi connectivity index (χ1v) is 17.1. The van der Waals surface area contributed by atoms with Gasteiger partial charge in [-0.2, -0.15) is 12.7 Å². The van der Waals surface area contributed by atoms with Gasteiger partial charge in [0.15, 0.2) is 0 Å². The van der Waals surface area contributed by atoms with E-state index in [1.54, 1.807) is 39.4 Å². The number of hydrogen-bond acceptors (Lipinski definition) is 7. The molecule has 13 heteroatoms. The molecule has 1 aliphatic heterocycles. The van der Waals surface area contributed by atoms with Crippen LogP contribution < -0.4 is 14.8 Å². The molecule has 1 atom stereocenters. The molecule has 5 rings (SSSR count). The van der Waals surface area contributed by atoms with Gasteiger partial charge in [0.25, 0.3) is 5.91 Å². The summed E-state index contributed by atoms with van der Waals surface area (Å²) < 4.78 is 35.6. The lowest BCUT2D eigenvalue weighted by atomic mass is 9.81. The van der Waals surface area contributed by atoms with Crippen LogP contribution in [0.15, 0.2) is 42.0 Å². The number of amides is 3. The molecule has 252 valence electrons. The summed E-state index contributed by atoms with van der Waals surface area (Å²) in [6.07, 6.45) is 7.08. The second-order valence-electron chi connectivity index (χ2n) is 12.9. The maximum Gasteiger partial charge on any atom is 0.303 e. The number of rotatable bonds is 9. The summed E-state index contributed by atoms with van der Waals surface area (Å²) >= 11 is 0. The first-order valence-electron chi connectivity index (χ1n) is 15.7. The zero-order chi connectivity index (χ0) is 34.3. The van der Waals surface area contributed by atoms with Gasteiger partial charge in [-0.25, -0.2) is 4.72 Å². The number of nitrogens with zero attached hydrogens (tertiary/aromatic N) is 3. The second kappa shape index (κ2) is 13.1. The van der Waals surface area contributed by atoms with Gasteiger partial charge in [-0.05, 0) is 73.2 Å². The maximum atomic E-state index is 14.0. The van der Waals surface area contributed by atoms with Crippen LogP contribution in [0.3, 0.4) is 0 Å². The number of benzene rings is 2. The van der Waals surface area contributed by atoms with E-state index in [0.717, 1.165) is 64.2 Å². The van der Waals surface area contributed by atoms with E-state index in [2.05, 4.69) is 10.0 Å². The lowest BCUT2D eigenvalue weighted by Crippen LogP contribution is -2.59. The van der Waals surface area contributed by atoms with Crippen LogP contribution in [0.2, 0.25) is 0 Å². The molecule has 2 aliphatic rings. The topological polar surface area (TPSA) is 150 Å². The van der Waals surface area contributed by atoms with Gasteiger partial charge in [0.2, 0.25) is 11.8 Å². The van der Waals surface area contributed by atoms with Gasteiger partial charge in [-0.1, -0.05) is 25.3 Å². The summed E-state index contributed by atoms with van der Waals surface area (Å²) in [4.78, 5) is 41.6. The fourth-order valence-corrected chi connectivity index (χ4v) is 7.11. The van der Waals surface area contributed by atoms with Gasteiger partial charge in [-0.15, -0.1) is 0 Å². The molecular weight excluding hydrogens is 622 g/mol. The normalized spacial score (nSPS) is 16.4. The summed E-state index contributed by atoms with van der Waals surface area (Å²) in [5.41, 5.74) is 3.23. The Kier molecular flexibility index (Phi) is 9.54. The highest BCUT2D eigenvalue weighted by atomic mass is 32.2. The van der Waals surface area contributed by atoms with Gasteiger partial charge >= 0.3 is 10.2 Å². The lowest BCUT2D eigenvalue weighted by Gasteiger charge is -2.30. The lowest BCUT2D eigenvalue weighted by molar-refractivity contribution is -0.140. The number of aromatic nitrogens is 1. The molecule has 2 heterocycles. The Morgan fingerprint density at radius 2 is 1.72 bits per heavy atom. The number of carbonyl (C=O) groups is 3. The SMILES string of the molecule is COc1ccc2c(c1)C=C(C(=O)N[C@@](C)(CO)C(=O)N(C)C)Cn1c-2c(C2CCCCC2)c2ccc(C(=O)NS(=O)(=O)N(C)C)cc21. The number of aliphatic hydroxyl groups excluding tert-OH is 1. The minimum atomic E-state index is -4.03. The quantitative estimate of drug-likeness (QED) is 0.318. The molecule has 0 bridgehead atoms. The van der Waals surface area contributed by atoms with Crippen molar-refractivity contribution in [3.63, 3.8) is 0 Å². The fraction of sp³-hybridized carbons (Fsp3) is 0.441. The van der Waals surface area contributed by atoms with Gasteiger partial charge in [0.05, 0.1) is 26.0 Å². The smallest absolute Gasteiger partial charge is 0.303 e. The highest BCUT2D eigenvalue weighted by Gasteiger charge is 2.37. The average Bonchev–Trinajstić information content (AvgIpc) is 3.26. The van der Waals surface area contributed by atoms with Gasteiger partial charge in [0.1, 0.15) is 11.3 Å². The van der Waals surface area contributed by atoms with Crippen molar-refractivity contribution in [3.8, 4) is 17.0 Å². The Balaban J connectivity index is 1.73. The minimum Gasteiger partial charge on any atom is -0.497 e. The largest absolute Gasteiger partial charge is 0.497 e. The van der Waals surface area contributed by atoms with Gasteiger partial charge in [-0.3, -0.25) is 14.4 Å². The number of carbonyl (C=O) groups excluding carboxylic acids is 3. The summed E-state index contributed by atoms with van der Waals surface area (Å²) in [5, 5.41) is 13.9. The number of likely N-dealkylation sites (N-methyl/N-ethyl adjacent to an activating group) is 1. The second-order valence-corrected chi connectivity index (χ2v) is 14.8. The molecule has 0 saturated heterocycles. The van der Waals surface area contributed by atoms with Crippen molar-refractivity contribution >= 4 is 44.9 Å². The number of aliphatic hydroxyl groups is 1. The van der Waals surface area contributed by atoms with Crippen LogP contribution in [-0.2, 0) is 26.3 Å². The molecule has 1 aromatic heterocycles. The Hall–Kier alpha value is -4.20. The number of hydrogen-bond donors (Lipinski definition) is 3. The molecule has 1 fully saturated rings. The van der Waals surface area contributed by atoms with Crippen LogP contribution in [0.1, 0.15) is 66.4 Å². The number of ether oxygens (including phenoxy) is 1. The Morgan fingerprint density at radius 3 is 2.34 bits per heavy atom. The molecule has 0 unspecified atom stereocenters. The molecule has 1 saturated carbocycles. The van der Waals surface area contributed by atoms with Crippen molar-refractivity contribution in [2.45, 2.75) is 57.0 Å². The van der Waals surface area contributed by atoms with E-state index in [4.69, 9.17) is 4.74 Å². The number of methoxy groups -OCH3 is 1. The third-order valence-electron chi connectivity index (χ3n) is 9.13. The zero-order valence-corrected chi connectivity index (χ0v) is 28.5. The summed E-state index contributed by atoms with van der Waals surface area (Å²) in [7, 11) is 3.32. The molecule has 3 amide bonds. The average molecular weight is 666 g/mol. The van der Waals surface area contributed by atoms with Crippen molar-refractivity contribution in [3.05, 3.63) is 58.7 Å². The molecular formula is C34H43N5O7S. The van der Waals surface area contributed by atoms with E-state index in [9.17, 15) is 27.9 Å². The molecule has 0 spiro atoms. The van der Waals surface area contributed by atoms with Crippen LogP contribution in [0, 0.1) is 0 Å². The Labute approximate surface area is 275 Å². The van der Waals surface area contributed by atoms with Gasteiger partial charge in [0, 0.05) is 55.8 Å². The third kappa shape index (κ3) is 6.52. The molecule has 0 radical (unpaired) electrons. The van der Waals surface area contributed by atoms with Crippen LogP contribution in [0.4, 0.5) is 0 Å². The minimum absolute atomic E-state index is 0.0834. The van der Waals surface area contributed by atoms with E-state index in [-0.39, 0.29) is 18.0 Å². The van der Waals surface area contributed by atoms with Crippen LogP contribution >= 0.6 is 0 Å². The molecule has 1 aliphatic carbocycles. The van der Waals surface area contributed by atoms with E-state index in [0.29, 0.717) is 16.8 Å². The van der Waals surface area contributed by atoms with E-state index >= 15 is 0 Å². The molecule has 3 aromatic rings. The first-order chi connectivity index (χ1) is 22.2. The molecule has 12 nitrogen and oxygen atoms in total. The number of fused-ring (bicyclic) bond motifs is 5. The highest BCUT2D eigenvalue weighted by molar-refractivity contribution is 7.87. The fourth-order valence-electron chi connectivity index (χ4n) is 6.57. The Morgan fingerprint density at radius 1 is 1.02 bits per heavy atom. The van der Waals surface area contributed by atoms with Crippen LogP contribution in [-0.4, -0.2) is 92.5 Å². The van der Waals surface area contributed by atoms with Crippen LogP contribution in [0.5, 0.6) is 5.75 Å². The van der Waals surface area contributed by atoms with Crippen molar-refractivity contribution < 1.29 is 32.6 Å². The van der Waals surface area contributed by atoms with E-state index < -0.39 is 40.1 Å². The first kappa shape index (κ1) is 34.1. The number of nitrogens with one attached hydrogen (secondary N) is 2. The highest BCUT2D eigenvalue weighted by Crippen LogP contribution is 2.47. The van der Waals surface area contributed by atoms with Crippen molar-refractivity contribution in [2.75, 3.05) is 41.9 Å². The molecule has 47 heavy (non-hydrogen) atoms. The summed E-state index contributed by atoms with van der Waals surface area (Å²) in [6, 6.07) is 10.9. The van der Waals surface area contributed by atoms with Crippen molar-refractivity contribution in [1.29, 1.82) is 0 Å². The molecule has 2 aromatic carbocycles. The summed E-state index contributed by atoms with van der Waals surface area (Å²) in [5.74, 6) is -0.932.